The minimum Gasteiger partial charge on any atom is -0.508 e. The van der Waals surface area contributed by atoms with Gasteiger partial charge in [0.25, 0.3) is 5.91 Å². The first-order valence-electron chi connectivity index (χ1n) is 13.5. The molecule has 1 amide bonds. The molecule has 8 heteroatoms. The maximum Gasteiger partial charge on any atom is 0.317 e. The van der Waals surface area contributed by atoms with Gasteiger partial charge in [-0.2, -0.15) is 0 Å². The SMILES string of the molecule is C=CCN1C[C@H](C)N([C@@H](c2cccc(O)c2)c2cccc(C(=O)N3CCCN(CC(=O)O)CC3)c2)C[C@H]1C. The van der Waals surface area contributed by atoms with Crippen molar-refractivity contribution < 1.29 is 19.8 Å². The number of aromatic hydroxyl groups is 1. The summed E-state index contributed by atoms with van der Waals surface area (Å²) in [5.41, 5.74) is 2.63. The lowest BCUT2D eigenvalue weighted by Crippen LogP contribution is -2.57. The molecule has 0 unspecified atom stereocenters. The second kappa shape index (κ2) is 12.6. The van der Waals surface area contributed by atoms with Gasteiger partial charge in [-0.1, -0.05) is 30.3 Å². The number of carbonyl (C=O) groups is 2. The summed E-state index contributed by atoms with van der Waals surface area (Å²) < 4.78 is 0. The van der Waals surface area contributed by atoms with Gasteiger partial charge in [-0.05, 0) is 55.7 Å². The van der Waals surface area contributed by atoms with E-state index < -0.39 is 5.97 Å². The highest BCUT2D eigenvalue weighted by atomic mass is 16.4. The zero-order chi connectivity index (χ0) is 27.2. The third-order valence-electron chi connectivity index (χ3n) is 7.73. The Labute approximate surface area is 225 Å². The Bertz CT molecular complexity index is 1140. The van der Waals surface area contributed by atoms with E-state index in [0.29, 0.717) is 37.8 Å². The molecule has 2 aromatic rings. The van der Waals surface area contributed by atoms with Crippen LogP contribution in [-0.4, -0.2) is 106 Å². The summed E-state index contributed by atoms with van der Waals surface area (Å²) in [5.74, 6) is -0.651. The van der Waals surface area contributed by atoms with Crippen LogP contribution in [0.4, 0.5) is 0 Å². The predicted octanol–water partition coefficient (Wildman–Crippen LogP) is 3.29. The number of phenolic OH excluding ortho intramolecular Hbond substituents is 1. The molecule has 0 aliphatic carbocycles. The highest BCUT2D eigenvalue weighted by Crippen LogP contribution is 2.35. The first-order valence-corrected chi connectivity index (χ1v) is 13.5. The predicted molar refractivity (Wildman–Crippen MR) is 148 cm³/mol. The minimum atomic E-state index is -0.843. The summed E-state index contributed by atoms with van der Waals surface area (Å²) in [6.07, 6.45) is 2.69. The lowest BCUT2D eigenvalue weighted by atomic mass is 9.92. The number of nitrogens with zero attached hydrogens (tertiary/aromatic N) is 4. The Kier molecular flexibility index (Phi) is 9.20. The quantitative estimate of drug-likeness (QED) is 0.517. The fourth-order valence-electron chi connectivity index (χ4n) is 5.82. The van der Waals surface area contributed by atoms with Crippen molar-refractivity contribution in [2.75, 3.05) is 52.4 Å². The van der Waals surface area contributed by atoms with Crippen molar-refractivity contribution in [3.63, 3.8) is 0 Å². The molecule has 0 saturated carbocycles. The van der Waals surface area contributed by atoms with Gasteiger partial charge in [-0.15, -0.1) is 6.58 Å². The van der Waals surface area contributed by atoms with E-state index in [9.17, 15) is 14.7 Å². The molecule has 3 atom stereocenters. The number of benzene rings is 2. The van der Waals surface area contributed by atoms with Crippen molar-refractivity contribution in [3.8, 4) is 5.75 Å². The van der Waals surface area contributed by atoms with Gasteiger partial charge < -0.3 is 15.1 Å². The van der Waals surface area contributed by atoms with Crippen LogP contribution in [0.25, 0.3) is 0 Å². The molecule has 2 aliphatic heterocycles. The van der Waals surface area contributed by atoms with Gasteiger partial charge >= 0.3 is 5.97 Å². The van der Waals surface area contributed by atoms with Crippen molar-refractivity contribution in [1.29, 1.82) is 0 Å². The number of phenols is 1. The lowest BCUT2D eigenvalue weighted by molar-refractivity contribution is -0.138. The summed E-state index contributed by atoms with van der Waals surface area (Å²) in [6, 6.07) is 15.7. The Balaban J connectivity index is 1.61. The van der Waals surface area contributed by atoms with Crippen molar-refractivity contribution >= 4 is 11.9 Å². The third kappa shape index (κ3) is 6.62. The first-order chi connectivity index (χ1) is 18.3. The van der Waals surface area contributed by atoms with Gasteiger partial charge in [-0.3, -0.25) is 24.3 Å². The molecule has 0 radical (unpaired) electrons. The molecule has 4 rings (SSSR count). The van der Waals surface area contributed by atoms with E-state index in [-0.39, 0.29) is 30.3 Å². The summed E-state index contributed by atoms with van der Waals surface area (Å²) in [5, 5.41) is 19.5. The average Bonchev–Trinajstić information content (AvgIpc) is 3.12. The highest BCUT2D eigenvalue weighted by Gasteiger charge is 2.35. The Morgan fingerprint density at radius 1 is 1.00 bits per heavy atom. The highest BCUT2D eigenvalue weighted by molar-refractivity contribution is 5.94. The third-order valence-corrected chi connectivity index (χ3v) is 7.73. The zero-order valence-electron chi connectivity index (χ0n) is 22.5. The van der Waals surface area contributed by atoms with Crippen LogP contribution in [-0.2, 0) is 4.79 Å². The molecule has 2 fully saturated rings. The van der Waals surface area contributed by atoms with Gasteiger partial charge in [0.2, 0.25) is 0 Å². The molecule has 2 N–H and O–H groups in total. The standard InChI is InChI=1S/C30H40N4O4/c1-4-12-33-19-23(3)34(20-22(33)2)29(25-9-6-11-27(35)18-25)24-8-5-10-26(17-24)30(38)32-14-7-13-31(15-16-32)21-28(36)37/h4-6,8-11,17-18,22-23,29,35H,1,7,12-16,19-21H2,2-3H3,(H,36,37)/t22-,23+,29-/m1/s1. The summed E-state index contributed by atoms with van der Waals surface area (Å²) in [4.78, 5) is 33.3. The molecule has 2 aromatic carbocycles. The molecule has 0 aromatic heterocycles. The number of hydrogen-bond donors (Lipinski definition) is 2. The summed E-state index contributed by atoms with van der Waals surface area (Å²) in [7, 11) is 0. The molecule has 204 valence electrons. The maximum absolute atomic E-state index is 13.6. The van der Waals surface area contributed by atoms with Crippen LogP contribution in [0.2, 0.25) is 0 Å². The normalized spacial score (nSPS) is 22.5. The average molecular weight is 521 g/mol. The monoisotopic (exact) mass is 520 g/mol. The van der Waals surface area contributed by atoms with E-state index in [2.05, 4.69) is 36.3 Å². The second-order valence-corrected chi connectivity index (χ2v) is 10.6. The van der Waals surface area contributed by atoms with Gasteiger partial charge in [0, 0.05) is 63.5 Å². The smallest absolute Gasteiger partial charge is 0.317 e. The van der Waals surface area contributed by atoms with E-state index in [0.717, 1.165) is 37.2 Å². The van der Waals surface area contributed by atoms with Crippen LogP contribution in [0.5, 0.6) is 5.75 Å². The molecular formula is C30H40N4O4. The van der Waals surface area contributed by atoms with E-state index in [1.54, 1.807) is 6.07 Å². The van der Waals surface area contributed by atoms with Gasteiger partial charge in [0.05, 0.1) is 12.6 Å². The molecule has 2 aliphatic rings. The number of amides is 1. The van der Waals surface area contributed by atoms with Crippen molar-refractivity contribution in [3.05, 3.63) is 77.9 Å². The topological polar surface area (TPSA) is 87.6 Å². The van der Waals surface area contributed by atoms with Crippen LogP contribution in [0.15, 0.2) is 61.2 Å². The Morgan fingerprint density at radius 3 is 2.45 bits per heavy atom. The van der Waals surface area contributed by atoms with Crippen LogP contribution in [0, 0.1) is 0 Å². The van der Waals surface area contributed by atoms with Crippen molar-refractivity contribution in [1.82, 2.24) is 19.6 Å². The van der Waals surface area contributed by atoms with E-state index in [1.165, 1.54) is 0 Å². The fourth-order valence-corrected chi connectivity index (χ4v) is 5.82. The largest absolute Gasteiger partial charge is 0.508 e. The van der Waals surface area contributed by atoms with Crippen LogP contribution >= 0.6 is 0 Å². The number of aliphatic carboxylic acids is 1. The molecule has 2 saturated heterocycles. The van der Waals surface area contributed by atoms with Gasteiger partial charge in [0.15, 0.2) is 0 Å². The zero-order valence-corrected chi connectivity index (χ0v) is 22.5. The molecule has 0 spiro atoms. The molecule has 8 nitrogen and oxygen atoms in total. The number of hydrogen-bond acceptors (Lipinski definition) is 6. The van der Waals surface area contributed by atoms with Crippen molar-refractivity contribution in [2.24, 2.45) is 0 Å². The number of carboxylic acids is 1. The molecule has 0 bridgehead atoms. The second-order valence-electron chi connectivity index (χ2n) is 10.6. The van der Waals surface area contributed by atoms with Crippen LogP contribution in [0.1, 0.15) is 47.8 Å². The molecule has 2 heterocycles. The first kappa shape index (κ1) is 27.8. The van der Waals surface area contributed by atoms with E-state index >= 15 is 0 Å². The number of carbonyl (C=O) groups excluding carboxylic acids is 1. The van der Waals surface area contributed by atoms with Crippen LogP contribution < -0.4 is 0 Å². The Morgan fingerprint density at radius 2 is 1.74 bits per heavy atom. The van der Waals surface area contributed by atoms with Gasteiger partial charge in [-0.25, -0.2) is 0 Å². The maximum atomic E-state index is 13.6. The summed E-state index contributed by atoms with van der Waals surface area (Å²) >= 11 is 0. The molecular weight excluding hydrogens is 480 g/mol. The van der Waals surface area contributed by atoms with E-state index in [4.69, 9.17) is 5.11 Å². The number of rotatable bonds is 8. The lowest BCUT2D eigenvalue weighted by Gasteiger charge is -2.47. The fraction of sp³-hybridized carbons (Fsp3) is 0.467. The van der Waals surface area contributed by atoms with Gasteiger partial charge in [0.1, 0.15) is 5.75 Å². The minimum absolute atomic E-state index is 0.000212. The molecule has 38 heavy (non-hydrogen) atoms. The van der Waals surface area contributed by atoms with Crippen molar-refractivity contribution in [2.45, 2.75) is 38.4 Å². The number of piperazine rings is 1. The number of carboxylic acid groups (broad SMARTS) is 1. The van der Waals surface area contributed by atoms with Crippen LogP contribution in [0.3, 0.4) is 0 Å². The van der Waals surface area contributed by atoms with E-state index in [1.807, 2.05) is 52.3 Å². The summed E-state index contributed by atoms with van der Waals surface area (Å²) in [6.45, 7) is 13.3. The Hall–Kier alpha value is -3.20.